The second kappa shape index (κ2) is 6.40. The van der Waals surface area contributed by atoms with Gasteiger partial charge in [0.25, 0.3) is 5.91 Å². The first-order valence-electron chi connectivity index (χ1n) is 7.69. The number of piperazine rings is 1. The van der Waals surface area contributed by atoms with Crippen molar-refractivity contribution in [3.8, 4) is 5.82 Å². The fraction of sp³-hybridized carbons (Fsp3) is 0.250. The maximum atomic E-state index is 12.8. The van der Waals surface area contributed by atoms with Crippen molar-refractivity contribution in [2.24, 2.45) is 0 Å². The number of hydrogen-bond acceptors (Lipinski definition) is 6. The minimum Gasteiger partial charge on any atom is -0.345 e. The second-order valence-electron chi connectivity index (χ2n) is 5.47. The molecule has 4 rings (SSSR count). The molecule has 3 aromatic heterocycles. The number of amides is 1. The third-order valence-electron chi connectivity index (χ3n) is 4.02. The Morgan fingerprint density at radius 1 is 1.08 bits per heavy atom. The molecule has 0 radical (unpaired) electrons. The average molecular weight is 340 g/mol. The Morgan fingerprint density at radius 3 is 2.67 bits per heavy atom. The van der Waals surface area contributed by atoms with E-state index in [0.717, 1.165) is 18.2 Å². The molecule has 0 aliphatic carbocycles. The molecule has 0 spiro atoms. The molecule has 1 saturated heterocycles. The van der Waals surface area contributed by atoms with Gasteiger partial charge in [-0.25, -0.2) is 15.0 Å². The van der Waals surface area contributed by atoms with Crippen molar-refractivity contribution < 1.29 is 4.79 Å². The van der Waals surface area contributed by atoms with Crippen LogP contribution in [0, 0.1) is 0 Å². The molecule has 1 fully saturated rings. The summed E-state index contributed by atoms with van der Waals surface area (Å²) in [5.41, 5.74) is 0.649. The zero-order chi connectivity index (χ0) is 16.4. The Morgan fingerprint density at radius 2 is 1.96 bits per heavy atom. The number of imidazole rings is 1. The van der Waals surface area contributed by atoms with Crippen LogP contribution >= 0.6 is 11.3 Å². The molecule has 0 bridgehead atoms. The van der Waals surface area contributed by atoms with Gasteiger partial charge in [0.1, 0.15) is 12.1 Å². The number of rotatable bonds is 3. The fourth-order valence-corrected chi connectivity index (χ4v) is 3.44. The van der Waals surface area contributed by atoms with Crippen LogP contribution in [0.25, 0.3) is 5.82 Å². The van der Waals surface area contributed by atoms with E-state index < -0.39 is 0 Å². The van der Waals surface area contributed by atoms with E-state index in [-0.39, 0.29) is 5.91 Å². The van der Waals surface area contributed by atoms with Gasteiger partial charge in [0.2, 0.25) is 0 Å². The molecular weight excluding hydrogens is 324 g/mol. The lowest BCUT2D eigenvalue weighted by atomic mass is 10.2. The fourth-order valence-electron chi connectivity index (χ4n) is 2.74. The molecule has 0 N–H and O–H groups in total. The monoisotopic (exact) mass is 340 g/mol. The summed E-state index contributed by atoms with van der Waals surface area (Å²) in [5.74, 6) is 0.734. The van der Waals surface area contributed by atoms with Gasteiger partial charge >= 0.3 is 0 Å². The molecule has 0 aromatic carbocycles. The highest BCUT2D eigenvalue weighted by molar-refractivity contribution is 7.13. The molecule has 0 saturated carbocycles. The van der Waals surface area contributed by atoms with Crippen LogP contribution in [-0.2, 0) is 0 Å². The predicted molar refractivity (Wildman–Crippen MR) is 91.6 cm³/mol. The summed E-state index contributed by atoms with van der Waals surface area (Å²) < 4.78 is 1.79. The Hall–Kier alpha value is -2.74. The van der Waals surface area contributed by atoms with E-state index >= 15 is 0 Å². The Balaban J connectivity index is 1.46. The third-order valence-corrected chi connectivity index (χ3v) is 4.85. The molecule has 3 aromatic rings. The normalized spacial score (nSPS) is 14.8. The summed E-state index contributed by atoms with van der Waals surface area (Å²) in [4.78, 5) is 29.5. The minimum absolute atomic E-state index is 0.0394. The smallest absolute Gasteiger partial charge is 0.254 e. The zero-order valence-corrected chi connectivity index (χ0v) is 13.8. The van der Waals surface area contributed by atoms with E-state index in [4.69, 9.17) is 0 Å². The first-order valence-corrected chi connectivity index (χ1v) is 8.57. The van der Waals surface area contributed by atoms with Crippen LogP contribution in [0.3, 0.4) is 0 Å². The van der Waals surface area contributed by atoms with Gasteiger partial charge in [0, 0.05) is 61.9 Å². The van der Waals surface area contributed by atoms with Crippen LogP contribution in [0.2, 0.25) is 0 Å². The summed E-state index contributed by atoms with van der Waals surface area (Å²) in [6.45, 7) is 3.00. The van der Waals surface area contributed by atoms with Crippen LogP contribution in [-0.4, -0.2) is 56.5 Å². The highest BCUT2D eigenvalue weighted by Crippen LogP contribution is 2.20. The Kier molecular flexibility index (Phi) is 3.96. The lowest BCUT2D eigenvalue weighted by Crippen LogP contribution is -2.48. The number of carbonyl (C=O) groups is 1. The van der Waals surface area contributed by atoms with Crippen molar-refractivity contribution in [1.82, 2.24) is 24.4 Å². The molecule has 0 unspecified atom stereocenters. The minimum atomic E-state index is 0.0394. The van der Waals surface area contributed by atoms with Gasteiger partial charge in [-0.3, -0.25) is 9.36 Å². The van der Waals surface area contributed by atoms with E-state index in [1.54, 1.807) is 46.8 Å². The number of aromatic nitrogens is 4. The van der Waals surface area contributed by atoms with Crippen LogP contribution in [0.1, 0.15) is 10.4 Å². The first kappa shape index (κ1) is 14.8. The summed E-state index contributed by atoms with van der Waals surface area (Å²) in [7, 11) is 0. The van der Waals surface area contributed by atoms with Gasteiger partial charge in [0.15, 0.2) is 5.13 Å². The number of anilines is 1. The van der Waals surface area contributed by atoms with Gasteiger partial charge in [-0.05, 0) is 12.1 Å². The number of carbonyl (C=O) groups excluding carboxylic acids is 1. The molecule has 24 heavy (non-hydrogen) atoms. The molecule has 0 atom stereocenters. The highest BCUT2D eigenvalue weighted by atomic mass is 32.1. The van der Waals surface area contributed by atoms with Crippen molar-refractivity contribution in [1.29, 1.82) is 0 Å². The van der Waals surface area contributed by atoms with E-state index in [1.165, 1.54) is 0 Å². The first-order chi connectivity index (χ1) is 11.8. The number of nitrogens with zero attached hydrogens (tertiary/aromatic N) is 6. The number of hydrogen-bond donors (Lipinski definition) is 0. The van der Waals surface area contributed by atoms with Crippen molar-refractivity contribution >= 4 is 22.4 Å². The number of thiazole rings is 1. The lowest BCUT2D eigenvalue weighted by molar-refractivity contribution is 0.0746. The van der Waals surface area contributed by atoms with E-state index in [0.29, 0.717) is 24.5 Å². The molecule has 1 aliphatic rings. The highest BCUT2D eigenvalue weighted by Gasteiger charge is 2.23. The van der Waals surface area contributed by atoms with Gasteiger partial charge in [-0.2, -0.15) is 0 Å². The summed E-state index contributed by atoms with van der Waals surface area (Å²) in [6.07, 6.45) is 8.64. The van der Waals surface area contributed by atoms with Gasteiger partial charge in [0.05, 0.1) is 0 Å². The van der Waals surface area contributed by atoms with Crippen molar-refractivity contribution in [2.45, 2.75) is 0 Å². The molecule has 1 aliphatic heterocycles. The van der Waals surface area contributed by atoms with Crippen molar-refractivity contribution in [2.75, 3.05) is 31.1 Å². The maximum absolute atomic E-state index is 12.8. The predicted octanol–water partition coefficient (Wildman–Crippen LogP) is 1.69. The topological polar surface area (TPSA) is 67.2 Å². The molecule has 8 heteroatoms. The van der Waals surface area contributed by atoms with Crippen LogP contribution in [0.4, 0.5) is 5.13 Å². The Bertz CT molecular complexity index is 809. The second-order valence-corrected chi connectivity index (χ2v) is 6.34. The van der Waals surface area contributed by atoms with E-state index in [1.807, 2.05) is 22.7 Å². The summed E-state index contributed by atoms with van der Waals surface area (Å²) >= 11 is 1.63. The molecule has 1 amide bonds. The summed E-state index contributed by atoms with van der Waals surface area (Å²) in [5, 5.41) is 3.00. The molecular formula is C16H16N6OS. The largest absolute Gasteiger partial charge is 0.345 e. The zero-order valence-electron chi connectivity index (χ0n) is 12.9. The lowest BCUT2D eigenvalue weighted by Gasteiger charge is -2.34. The van der Waals surface area contributed by atoms with Gasteiger partial charge < -0.3 is 9.80 Å². The van der Waals surface area contributed by atoms with Gasteiger partial charge in [-0.1, -0.05) is 0 Å². The SMILES string of the molecule is O=C(c1ccnc(-n2ccnc2)c1)N1CCN(c2nccs2)CC1. The van der Waals surface area contributed by atoms with Crippen LogP contribution in [0.15, 0.2) is 48.6 Å². The van der Waals surface area contributed by atoms with Crippen LogP contribution < -0.4 is 4.90 Å². The molecule has 7 nitrogen and oxygen atoms in total. The summed E-state index contributed by atoms with van der Waals surface area (Å²) in [6, 6.07) is 3.56. The van der Waals surface area contributed by atoms with Gasteiger partial charge in [-0.15, -0.1) is 11.3 Å². The van der Waals surface area contributed by atoms with E-state index in [2.05, 4.69) is 19.9 Å². The van der Waals surface area contributed by atoms with Crippen molar-refractivity contribution in [3.05, 3.63) is 54.2 Å². The maximum Gasteiger partial charge on any atom is 0.254 e. The quantitative estimate of drug-likeness (QED) is 0.726. The number of pyridine rings is 1. The third kappa shape index (κ3) is 2.88. The standard InChI is InChI=1S/C16H16N6OS/c23-15(13-1-2-18-14(11-13)22-5-3-17-12-22)20-6-8-21(9-7-20)16-19-4-10-24-16/h1-5,10-12H,6-9H2. The molecule has 122 valence electrons. The average Bonchev–Trinajstić information content (AvgIpc) is 3.35. The van der Waals surface area contributed by atoms with E-state index in [9.17, 15) is 4.79 Å². The van der Waals surface area contributed by atoms with Crippen molar-refractivity contribution in [3.63, 3.8) is 0 Å². The molecule has 4 heterocycles. The van der Waals surface area contributed by atoms with Crippen LogP contribution in [0.5, 0.6) is 0 Å². The Labute approximate surface area is 143 Å².